The van der Waals surface area contributed by atoms with E-state index in [1.807, 2.05) is 6.92 Å². The Morgan fingerprint density at radius 2 is 1.94 bits per heavy atom. The molecule has 0 bridgehead atoms. The predicted molar refractivity (Wildman–Crippen MR) is 77.9 cm³/mol. The molecule has 0 aromatic heterocycles. The summed E-state index contributed by atoms with van der Waals surface area (Å²) in [4.78, 5) is 22.1. The summed E-state index contributed by atoms with van der Waals surface area (Å²) >= 11 is 8.42. The lowest BCUT2D eigenvalue weighted by molar-refractivity contribution is -0.114. The van der Waals surface area contributed by atoms with Crippen molar-refractivity contribution < 1.29 is 14.7 Å². The number of hydrogen-bond acceptors (Lipinski definition) is 4. The number of anilines is 1. The van der Waals surface area contributed by atoms with Gasteiger partial charge in [-0.15, -0.1) is 0 Å². The van der Waals surface area contributed by atoms with Crippen LogP contribution in [-0.4, -0.2) is 21.6 Å². The van der Waals surface area contributed by atoms with Gasteiger partial charge >= 0.3 is 5.97 Å². The summed E-state index contributed by atoms with van der Waals surface area (Å²) in [6.07, 6.45) is 0. The number of carboxylic acid groups (broad SMARTS) is 1. The lowest BCUT2D eigenvalue weighted by Crippen LogP contribution is -2.12. The molecule has 0 aliphatic carbocycles. The Bertz CT molecular complexity index is 474. The zero-order valence-corrected chi connectivity index (χ0v) is 11.8. The van der Waals surface area contributed by atoms with Crippen molar-refractivity contribution in [3.8, 4) is 0 Å². The highest BCUT2D eigenvalue weighted by molar-refractivity contribution is 7.99. The molecule has 1 aromatic carbocycles. The highest BCUT2D eigenvalue weighted by Crippen LogP contribution is 2.30. The topological polar surface area (TPSA) is 66.4 Å². The van der Waals surface area contributed by atoms with Crippen molar-refractivity contribution in [1.82, 2.24) is 0 Å². The van der Waals surface area contributed by atoms with Gasteiger partial charge in [0.15, 0.2) is 0 Å². The van der Waals surface area contributed by atoms with Crippen LogP contribution >= 0.6 is 25.3 Å². The van der Waals surface area contributed by atoms with Crippen LogP contribution < -0.4 is 5.32 Å². The third kappa shape index (κ3) is 3.68. The van der Waals surface area contributed by atoms with E-state index in [2.05, 4.69) is 30.6 Å². The van der Waals surface area contributed by atoms with Gasteiger partial charge in [0.2, 0.25) is 5.91 Å². The molecule has 0 radical (unpaired) electrons. The van der Waals surface area contributed by atoms with Crippen molar-refractivity contribution in [2.24, 2.45) is 0 Å². The van der Waals surface area contributed by atoms with Crippen LogP contribution in [0, 0.1) is 0 Å². The summed E-state index contributed by atoms with van der Waals surface area (Å²) in [7, 11) is 0. The van der Waals surface area contributed by atoms with Crippen LogP contribution in [0.2, 0.25) is 0 Å². The molecular formula is C12H15NO3S2. The van der Waals surface area contributed by atoms with Crippen molar-refractivity contribution in [3.63, 3.8) is 0 Å². The number of nitrogens with one attached hydrogen (secondary N) is 1. The molecule has 98 valence electrons. The highest BCUT2D eigenvalue weighted by Gasteiger charge is 2.19. The van der Waals surface area contributed by atoms with E-state index in [0.29, 0.717) is 11.3 Å². The fraction of sp³-hybridized carbons (Fsp3) is 0.333. The van der Waals surface area contributed by atoms with Gasteiger partial charge in [-0.25, -0.2) is 4.79 Å². The fourth-order valence-corrected chi connectivity index (χ4v) is 1.90. The lowest BCUT2D eigenvalue weighted by Gasteiger charge is -2.18. The Hall–Kier alpha value is -1.14. The second kappa shape index (κ2) is 6.15. The van der Waals surface area contributed by atoms with Crippen molar-refractivity contribution in [3.05, 3.63) is 29.3 Å². The van der Waals surface area contributed by atoms with E-state index < -0.39 is 5.97 Å². The third-order valence-corrected chi connectivity index (χ3v) is 3.43. The molecule has 4 nitrogen and oxygen atoms in total. The number of carbonyl (C=O) groups is 2. The van der Waals surface area contributed by atoms with Gasteiger partial charge in [0.25, 0.3) is 0 Å². The third-order valence-electron chi connectivity index (χ3n) is 2.54. The van der Waals surface area contributed by atoms with Crippen LogP contribution in [0.4, 0.5) is 5.69 Å². The van der Waals surface area contributed by atoms with Gasteiger partial charge in [-0.1, -0.05) is 6.92 Å². The first-order valence-electron chi connectivity index (χ1n) is 5.34. The molecule has 1 atom stereocenters. The van der Waals surface area contributed by atoms with Gasteiger partial charge in [-0.05, 0) is 23.8 Å². The smallest absolute Gasteiger partial charge is 0.335 e. The molecular weight excluding hydrogens is 270 g/mol. The van der Waals surface area contributed by atoms with Gasteiger partial charge in [0.05, 0.1) is 10.1 Å². The molecule has 2 N–H and O–H groups in total. The molecule has 0 spiro atoms. The molecule has 1 rings (SSSR count). The number of rotatable bonds is 4. The minimum absolute atomic E-state index is 0.156. The highest BCUT2D eigenvalue weighted by atomic mass is 32.2. The number of thiol groups is 2. The number of benzene rings is 1. The predicted octanol–water partition coefficient (Wildman–Crippen LogP) is 2.63. The Balaban J connectivity index is 3.23. The standard InChI is InChI=1S/C12H15NO3S2/c1-6(12(17)18)10-5-8(13-7(2)14)3-4-9(10)11(15)16/h3-6,12,17-18H,1-2H3,(H,13,14)(H,15,16). The van der Waals surface area contributed by atoms with Crippen molar-refractivity contribution in [2.45, 2.75) is 24.3 Å². The Morgan fingerprint density at radius 3 is 2.39 bits per heavy atom. The van der Waals surface area contributed by atoms with E-state index in [1.54, 1.807) is 12.1 Å². The summed E-state index contributed by atoms with van der Waals surface area (Å²) in [5.74, 6) is -1.37. The number of carboxylic acids is 1. The number of hydrogen-bond donors (Lipinski definition) is 4. The number of aromatic carboxylic acids is 1. The minimum atomic E-state index is -1.01. The van der Waals surface area contributed by atoms with E-state index in [4.69, 9.17) is 5.11 Å². The molecule has 0 saturated carbocycles. The normalized spacial score (nSPS) is 12.3. The zero-order chi connectivity index (χ0) is 13.9. The van der Waals surface area contributed by atoms with E-state index in [9.17, 15) is 9.59 Å². The van der Waals surface area contributed by atoms with E-state index in [-0.39, 0.29) is 22.0 Å². The summed E-state index contributed by atoms with van der Waals surface area (Å²) in [5, 5.41) is 11.8. The van der Waals surface area contributed by atoms with Gasteiger partial charge < -0.3 is 10.4 Å². The van der Waals surface area contributed by atoms with Gasteiger partial charge in [0.1, 0.15) is 0 Å². The molecule has 0 saturated heterocycles. The molecule has 0 aliphatic heterocycles. The average molecular weight is 285 g/mol. The van der Waals surface area contributed by atoms with Crippen LogP contribution in [-0.2, 0) is 4.79 Å². The van der Waals surface area contributed by atoms with Crippen molar-refractivity contribution >= 4 is 42.8 Å². The molecule has 0 heterocycles. The second-order valence-corrected chi connectivity index (χ2v) is 5.51. The van der Waals surface area contributed by atoms with E-state index >= 15 is 0 Å². The van der Waals surface area contributed by atoms with Crippen molar-refractivity contribution in [2.75, 3.05) is 5.32 Å². The van der Waals surface area contributed by atoms with Crippen LogP contribution in [0.25, 0.3) is 0 Å². The molecule has 0 fully saturated rings. The minimum Gasteiger partial charge on any atom is -0.478 e. The van der Waals surface area contributed by atoms with Crippen LogP contribution in [0.5, 0.6) is 0 Å². The molecule has 18 heavy (non-hydrogen) atoms. The summed E-state index contributed by atoms with van der Waals surface area (Å²) in [5.41, 5.74) is 1.37. The summed E-state index contributed by atoms with van der Waals surface area (Å²) in [6.45, 7) is 3.23. The van der Waals surface area contributed by atoms with Crippen molar-refractivity contribution in [1.29, 1.82) is 0 Å². The van der Waals surface area contributed by atoms with Gasteiger partial charge in [-0.3, -0.25) is 4.79 Å². The summed E-state index contributed by atoms with van der Waals surface area (Å²) < 4.78 is -0.282. The Kier molecular flexibility index (Phi) is 5.10. The molecule has 1 unspecified atom stereocenters. The van der Waals surface area contributed by atoms with Gasteiger partial charge in [0, 0.05) is 18.5 Å². The first kappa shape index (κ1) is 14.9. The van der Waals surface area contributed by atoms with Crippen LogP contribution in [0.3, 0.4) is 0 Å². The molecule has 1 aromatic rings. The largest absolute Gasteiger partial charge is 0.478 e. The quantitative estimate of drug-likeness (QED) is 0.508. The van der Waals surface area contributed by atoms with Crippen LogP contribution in [0.15, 0.2) is 18.2 Å². The monoisotopic (exact) mass is 285 g/mol. The number of amides is 1. The Labute approximate surface area is 117 Å². The lowest BCUT2D eigenvalue weighted by atomic mass is 9.96. The van der Waals surface area contributed by atoms with E-state index in [1.165, 1.54) is 13.0 Å². The average Bonchev–Trinajstić information content (AvgIpc) is 2.26. The maximum atomic E-state index is 11.1. The fourth-order valence-electron chi connectivity index (χ4n) is 1.58. The van der Waals surface area contributed by atoms with E-state index in [0.717, 1.165) is 0 Å². The van der Waals surface area contributed by atoms with Crippen LogP contribution in [0.1, 0.15) is 35.7 Å². The SMILES string of the molecule is CC(=O)Nc1ccc(C(=O)O)c(C(C)C(S)S)c1. The zero-order valence-electron chi connectivity index (χ0n) is 10.0. The maximum Gasteiger partial charge on any atom is 0.335 e. The first-order valence-corrected chi connectivity index (χ1v) is 6.37. The summed E-state index contributed by atoms with van der Waals surface area (Å²) in [6, 6.07) is 4.69. The Morgan fingerprint density at radius 1 is 1.33 bits per heavy atom. The first-order chi connectivity index (χ1) is 8.32. The van der Waals surface area contributed by atoms with Gasteiger partial charge in [-0.2, -0.15) is 25.3 Å². The number of carbonyl (C=O) groups excluding carboxylic acids is 1. The second-order valence-electron chi connectivity index (χ2n) is 3.99. The molecule has 1 amide bonds. The molecule has 0 aliphatic rings. The molecule has 6 heteroatoms. The maximum absolute atomic E-state index is 11.1.